The molecule has 0 saturated carbocycles. The van der Waals surface area contributed by atoms with Crippen LogP contribution in [0.15, 0.2) is 0 Å². The number of hydrogen-bond acceptors (Lipinski definition) is 6. The highest BCUT2D eigenvalue weighted by molar-refractivity contribution is 5.69. The van der Waals surface area contributed by atoms with Crippen LogP contribution in [-0.2, 0) is 4.79 Å². The van der Waals surface area contributed by atoms with Crippen LogP contribution < -0.4 is 0 Å². The summed E-state index contributed by atoms with van der Waals surface area (Å²) >= 11 is 0. The van der Waals surface area contributed by atoms with Crippen LogP contribution in [0.4, 0.5) is 0 Å². The molecule has 0 aliphatic carbocycles. The molecule has 7 heteroatoms. The summed E-state index contributed by atoms with van der Waals surface area (Å²) < 4.78 is 0. The Kier molecular flexibility index (Phi) is 5.58. The lowest BCUT2D eigenvalue weighted by Gasteiger charge is -2.37. The molecule has 0 aromatic rings. The molecule has 0 aromatic heterocycles. The van der Waals surface area contributed by atoms with Gasteiger partial charge in [0.05, 0.1) is 38.6 Å². The molecule has 14 heavy (non-hydrogen) atoms. The zero-order valence-electron chi connectivity index (χ0n) is 7.63. The molecule has 7 nitrogen and oxygen atoms in total. The molecule has 0 fully saturated rings. The Morgan fingerprint density at radius 1 is 1.07 bits per heavy atom. The van der Waals surface area contributed by atoms with Gasteiger partial charge in [0, 0.05) is 0 Å². The molecule has 0 atom stereocenters. The molecule has 0 radical (unpaired) electrons. The van der Waals surface area contributed by atoms with Gasteiger partial charge in [-0.3, -0.25) is 9.69 Å². The van der Waals surface area contributed by atoms with Crippen molar-refractivity contribution in [2.45, 2.75) is 5.54 Å². The fraction of sp³-hybridized carbons (Fsp3) is 0.857. The summed E-state index contributed by atoms with van der Waals surface area (Å²) in [6.45, 7) is -3.18. The van der Waals surface area contributed by atoms with Crippen molar-refractivity contribution >= 4 is 5.97 Å². The van der Waals surface area contributed by atoms with Crippen molar-refractivity contribution in [2.24, 2.45) is 0 Å². The van der Waals surface area contributed by atoms with Gasteiger partial charge in [0.1, 0.15) is 0 Å². The number of aliphatic hydroxyl groups excluding tert-OH is 4. The van der Waals surface area contributed by atoms with Crippen molar-refractivity contribution in [3.63, 3.8) is 0 Å². The Labute approximate surface area is 80.8 Å². The fourth-order valence-electron chi connectivity index (χ4n) is 0.981. The number of rotatable bonds is 7. The van der Waals surface area contributed by atoms with E-state index in [1.807, 2.05) is 0 Å². The summed E-state index contributed by atoms with van der Waals surface area (Å²) in [5.41, 5.74) is -1.51. The van der Waals surface area contributed by atoms with Crippen LogP contribution in [0.5, 0.6) is 0 Å². The van der Waals surface area contributed by atoms with Gasteiger partial charge in [-0.1, -0.05) is 0 Å². The van der Waals surface area contributed by atoms with Crippen molar-refractivity contribution in [3.05, 3.63) is 0 Å². The van der Waals surface area contributed by atoms with Gasteiger partial charge in [-0.25, -0.2) is 0 Å². The second kappa shape index (κ2) is 5.89. The van der Waals surface area contributed by atoms with E-state index in [0.717, 1.165) is 4.90 Å². The van der Waals surface area contributed by atoms with E-state index in [4.69, 9.17) is 25.5 Å². The third kappa shape index (κ3) is 2.89. The number of carboxylic acid groups (broad SMARTS) is 1. The maximum atomic E-state index is 10.4. The minimum atomic E-state index is -1.51. The van der Waals surface area contributed by atoms with Gasteiger partial charge in [0.25, 0.3) is 0 Å². The largest absolute Gasteiger partial charge is 0.480 e. The molecular weight excluding hydrogens is 194 g/mol. The average Bonchev–Trinajstić information content (AvgIpc) is 2.19. The number of hydrogen-bond donors (Lipinski definition) is 5. The molecule has 0 unspecified atom stereocenters. The zero-order chi connectivity index (χ0) is 11.2. The van der Waals surface area contributed by atoms with Gasteiger partial charge in [0.2, 0.25) is 0 Å². The maximum absolute atomic E-state index is 10.4. The normalized spacial score (nSPS) is 12.1. The minimum Gasteiger partial charge on any atom is -0.480 e. The van der Waals surface area contributed by atoms with Crippen LogP contribution in [0.25, 0.3) is 0 Å². The first kappa shape index (κ1) is 13.3. The van der Waals surface area contributed by atoms with Crippen LogP contribution in [0.3, 0.4) is 0 Å². The molecule has 0 spiro atoms. The van der Waals surface area contributed by atoms with Gasteiger partial charge >= 0.3 is 5.97 Å². The van der Waals surface area contributed by atoms with Crippen molar-refractivity contribution in [3.8, 4) is 0 Å². The molecular formula is C7H15NO6. The lowest BCUT2D eigenvalue weighted by molar-refractivity contribution is -0.146. The molecule has 0 aromatic carbocycles. The van der Waals surface area contributed by atoms with E-state index < -0.39 is 44.6 Å². The Hall–Kier alpha value is -0.730. The molecule has 0 aliphatic heterocycles. The molecule has 0 amide bonds. The smallest absolute Gasteiger partial charge is 0.317 e. The predicted molar refractivity (Wildman–Crippen MR) is 45.4 cm³/mol. The van der Waals surface area contributed by atoms with Crippen LogP contribution >= 0.6 is 0 Å². The van der Waals surface area contributed by atoms with E-state index in [2.05, 4.69) is 0 Å². The summed E-state index contributed by atoms with van der Waals surface area (Å²) in [6.07, 6.45) is 0. The van der Waals surface area contributed by atoms with Crippen LogP contribution in [0.1, 0.15) is 0 Å². The highest BCUT2D eigenvalue weighted by atomic mass is 16.4. The maximum Gasteiger partial charge on any atom is 0.317 e. The average molecular weight is 209 g/mol. The van der Waals surface area contributed by atoms with E-state index in [9.17, 15) is 4.79 Å². The van der Waals surface area contributed by atoms with Crippen LogP contribution in [0, 0.1) is 0 Å². The summed E-state index contributed by atoms with van der Waals surface area (Å²) in [4.78, 5) is 11.2. The standard InChI is InChI=1S/C7H15NO6/c9-2-7(3-10,4-11)8(5-12)1-6(13)14/h9-12H,1-5H2,(H,13,14). The van der Waals surface area contributed by atoms with Crippen molar-refractivity contribution in [1.29, 1.82) is 0 Å². The Morgan fingerprint density at radius 2 is 1.50 bits per heavy atom. The predicted octanol–water partition coefficient (Wildman–Crippen LogP) is -2.96. The lowest BCUT2D eigenvalue weighted by atomic mass is 10.0. The van der Waals surface area contributed by atoms with Crippen LogP contribution in [0.2, 0.25) is 0 Å². The first-order chi connectivity index (χ1) is 6.56. The van der Waals surface area contributed by atoms with E-state index in [0.29, 0.717) is 0 Å². The van der Waals surface area contributed by atoms with Gasteiger partial charge < -0.3 is 25.5 Å². The minimum absolute atomic E-state index is 0.571. The number of aliphatic carboxylic acids is 1. The van der Waals surface area contributed by atoms with Gasteiger partial charge in [0.15, 0.2) is 0 Å². The third-order valence-electron chi connectivity index (χ3n) is 2.05. The van der Waals surface area contributed by atoms with Crippen molar-refractivity contribution in [1.82, 2.24) is 4.90 Å². The number of carbonyl (C=O) groups is 1. The van der Waals surface area contributed by atoms with E-state index in [1.54, 1.807) is 0 Å². The van der Waals surface area contributed by atoms with E-state index >= 15 is 0 Å². The Morgan fingerprint density at radius 3 is 1.71 bits per heavy atom. The topological polar surface area (TPSA) is 121 Å². The molecule has 0 saturated heterocycles. The molecule has 5 N–H and O–H groups in total. The Bertz CT molecular complexity index is 173. The number of carboxylic acids is 1. The van der Waals surface area contributed by atoms with Crippen LogP contribution in [-0.4, -0.2) is 75.0 Å². The number of aliphatic hydroxyl groups is 4. The summed E-state index contributed by atoms with van der Waals surface area (Å²) in [5.74, 6) is -1.22. The van der Waals surface area contributed by atoms with E-state index in [-0.39, 0.29) is 0 Å². The third-order valence-corrected chi connectivity index (χ3v) is 2.05. The summed E-state index contributed by atoms with van der Waals surface area (Å²) in [6, 6.07) is 0. The highest BCUT2D eigenvalue weighted by Crippen LogP contribution is 2.12. The molecule has 84 valence electrons. The SMILES string of the molecule is O=C(O)CN(CO)C(CO)(CO)CO. The fourth-order valence-corrected chi connectivity index (χ4v) is 0.981. The monoisotopic (exact) mass is 209 g/mol. The zero-order valence-corrected chi connectivity index (χ0v) is 7.63. The molecule has 0 bridgehead atoms. The summed E-state index contributed by atoms with van der Waals surface area (Å²) in [5, 5.41) is 44.1. The lowest BCUT2D eigenvalue weighted by Crippen LogP contribution is -2.58. The first-order valence-electron chi connectivity index (χ1n) is 3.96. The molecule has 0 heterocycles. The van der Waals surface area contributed by atoms with E-state index in [1.165, 1.54) is 0 Å². The molecule has 0 rings (SSSR count). The Balaban J connectivity index is 4.64. The second-order valence-corrected chi connectivity index (χ2v) is 2.93. The quantitative estimate of drug-likeness (QED) is 0.284. The highest BCUT2D eigenvalue weighted by Gasteiger charge is 2.36. The second-order valence-electron chi connectivity index (χ2n) is 2.93. The van der Waals surface area contributed by atoms with Crippen molar-refractivity contribution in [2.75, 3.05) is 33.1 Å². The first-order valence-corrected chi connectivity index (χ1v) is 3.96. The van der Waals surface area contributed by atoms with Crippen molar-refractivity contribution < 1.29 is 30.3 Å². The van der Waals surface area contributed by atoms with Gasteiger partial charge in [-0.05, 0) is 0 Å². The summed E-state index contributed by atoms with van der Waals surface area (Å²) in [7, 11) is 0. The molecule has 0 aliphatic rings. The van der Waals surface area contributed by atoms with Gasteiger partial charge in [-0.2, -0.15) is 0 Å². The van der Waals surface area contributed by atoms with Gasteiger partial charge in [-0.15, -0.1) is 0 Å². The number of nitrogens with zero attached hydrogens (tertiary/aromatic N) is 1.